The summed E-state index contributed by atoms with van der Waals surface area (Å²) in [7, 11) is 0. The Balaban J connectivity index is 2.12. The topological polar surface area (TPSA) is 70.5 Å². The first-order valence-electron chi connectivity index (χ1n) is 4.56. The Morgan fingerprint density at radius 2 is 2.12 bits per heavy atom. The van der Waals surface area contributed by atoms with E-state index in [9.17, 15) is 0 Å². The van der Waals surface area contributed by atoms with Crippen LogP contribution in [-0.2, 0) is 0 Å². The molecular weight excluding hydrogens is 276 g/mol. The van der Waals surface area contributed by atoms with Crippen LogP contribution in [0.25, 0.3) is 11.3 Å². The van der Waals surface area contributed by atoms with Gasteiger partial charge in [0.15, 0.2) is 11.5 Å². The maximum Gasteiger partial charge on any atom is 0.231 e. The molecule has 5 nitrogen and oxygen atoms in total. The van der Waals surface area contributed by atoms with Gasteiger partial charge in [-0.15, -0.1) is 0 Å². The maximum atomic E-state index is 5.47. The Morgan fingerprint density at radius 3 is 2.88 bits per heavy atom. The number of aromatic nitrogens is 1. The first-order valence-corrected chi connectivity index (χ1v) is 5.35. The third-order valence-electron chi connectivity index (χ3n) is 2.25. The Kier molecular flexibility index (Phi) is 2.03. The predicted octanol–water partition coefficient (Wildman–Crippen LogP) is 2.42. The number of hydrogen-bond acceptors (Lipinski definition) is 5. The fourth-order valence-electron chi connectivity index (χ4n) is 1.54. The Labute approximate surface area is 99.2 Å². The van der Waals surface area contributed by atoms with Crippen molar-refractivity contribution < 1.29 is 14.0 Å². The Hall–Kier alpha value is -1.69. The van der Waals surface area contributed by atoms with Crippen LogP contribution in [0, 0.1) is 0 Å². The summed E-state index contributed by atoms with van der Waals surface area (Å²) in [5, 5.41) is 3.84. The molecule has 16 heavy (non-hydrogen) atoms. The smallest absolute Gasteiger partial charge is 0.231 e. The van der Waals surface area contributed by atoms with Gasteiger partial charge in [0, 0.05) is 11.6 Å². The molecule has 0 radical (unpaired) electrons. The van der Waals surface area contributed by atoms with E-state index in [0.29, 0.717) is 17.2 Å². The summed E-state index contributed by atoms with van der Waals surface area (Å²) >= 11 is 3.41. The van der Waals surface area contributed by atoms with E-state index in [1.54, 1.807) is 6.07 Å². The van der Waals surface area contributed by atoms with Gasteiger partial charge >= 0.3 is 0 Å². The summed E-state index contributed by atoms with van der Waals surface area (Å²) in [6.07, 6.45) is 0. The lowest BCUT2D eigenvalue weighted by Crippen LogP contribution is -1.93. The minimum absolute atomic E-state index is 0.234. The van der Waals surface area contributed by atoms with Crippen LogP contribution in [0.1, 0.15) is 0 Å². The molecule has 0 saturated heterocycles. The lowest BCUT2D eigenvalue weighted by molar-refractivity contribution is 0.173. The van der Waals surface area contributed by atoms with E-state index in [0.717, 1.165) is 10.0 Å². The number of anilines is 1. The van der Waals surface area contributed by atoms with Crippen molar-refractivity contribution in [3.8, 4) is 22.8 Å². The number of halogens is 1. The van der Waals surface area contributed by atoms with Gasteiger partial charge < -0.3 is 19.7 Å². The van der Waals surface area contributed by atoms with Crippen molar-refractivity contribution in [2.45, 2.75) is 0 Å². The van der Waals surface area contributed by atoms with E-state index in [2.05, 4.69) is 21.1 Å². The van der Waals surface area contributed by atoms with Crippen molar-refractivity contribution >= 4 is 21.8 Å². The first kappa shape index (κ1) is 9.53. The van der Waals surface area contributed by atoms with Crippen LogP contribution in [0.5, 0.6) is 11.5 Å². The highest BCUT2D eigenvalue weighted by molar-refractivity contribution is 9.10. The van der Waals surface area contributed by atoms with Crippen molar-refractivity contribution in [2.24, 2.45) is 0 Å². The molecule has 82 valence electrons. The second-order valence-electron chi connectivity index (χ2n) is 3.31. The molecule has 6 heteroatoms. The molecule has 0 amide bonds. The van der Waals surface area contributed by atoms with E-state index < -0.39 is 0 Å². The van der Waals surface area contributed by atoms with Crippen LogP contribution in [0.15, 0.2) is 27.2 Å². The number of nitrogens with two attached hydrogens (primary N) is 1. The summed E-state index contributed by atoms with van der Waals surface area (Å²) in [5.41, 5.74) is 6.99. The SMILES string of the molecule is Nc1cc(-c2cc(Br)c3c(c2)OCO3)no1. The minimum Gasteiger partial charge on any atom is -0.454 e. The minimum atomic E-state index is 0.234. The molecular formula is C10H7BrN2O3. The molecule has 0 fully saturated rings. The number of ether oxygens (including phenoxy) is 2. The van der Waals surface area contributed by atoms with Gasteiger partial charge in [0.25, 0.3) is 0 Å². The molecule has 2 N–H and O–H groups in total. The number of fused-ring (bicyclic) bond motifs is 1. The summed E-state index contributed by atoms with van der Waals surface area (Å²) in [5.74, 6) is 1.68. The van der Waals surface area contributed by atoms with Crippen LogP contribution >= 0.6 is 15.9 Å². The highest BCUT2D eigenvalue weighted by atomic mass is 79.9. The predicted molar refractivity (Wildman–Crippen MR) is 60.2 cm³/mol. The van der Waals surface area contributed by atoms with Crippen molar-refractivity contribution in [3.63, 3.8) is 0 Å². The molecule has 2 heterocycles. The van der Waals surface area contributed by atoms with Gasteiger partial charge in [-0.2, -0.15) is 0 Å². The number of hydrogen-bond donors (Lipinski definition) is 1. The van der Waals surface area contributed by atoms with E-state index in [1.165, 1.54) is 0 Å². The standard InChI is InChI=1S/C10H7BrN2O3/c11-6-1-5(7-3-9(12)16-13-7)2-8-10(6)15-4-14-8/h1-3H,4,12H2. The van der Waals surface area contributed by atoms with Crippen LogP contribution in [0.4, 0.5) is 5.88 Å². The van der Waals surface area contributed by atoms with Crippen LogP contribution in [-0.4, -0.2) is 11.9 Å². The van der Waals surface area contributed by atoms with E-state index in [-0.39, 0.29) is 12.7 Å². The Bertz CT molecular complexity index is 553. The van der Waals surface area contributed by atoms with Gasteiger partial charge in [-0.1, -0.05) is 5.16 Å². The van der Waals surface area contributed by atoms with Gasteiger partial charge in [0.2, 0.25) is 12.7 Å². The lowest BCUT2D eigenvalue weighted by atomic mass is 10.1. The zero-order chi connectivity index (χ0) is 11.1. The molecule has 1 aliphatic heterocycles. The summed E-state index contributed by atoms with van der Waals surface area (Å²) in [6, 6.07) is 5.37. The number of nitrogens with zero attached hydrogens (tertiary/aromatic N) is 1. The average molecular weight is 283 g/mol. The van der Waals surface area contributed by atoms with Crippen LogP contribution in [0.3, 0.4) is 0 Å². The molecule has 0 aliphatic carbocycles. The number of nitrogen functional groups attached to an aromatic ring is 1. The molecule has 1 aromatic heterocycles. The van der Waals surface area contributed by atoms with Crippen LogP contribution < -0.4 is 15.2 Å². The zero-order valence-electron chi connectivity index (χ0n) is 8.07. The molecule has 2 aromatic rings. The van der Waals surface area contributed by atoms with Crippen molar-refractivity contribution in [3.05, 3.63) is 22.7 Å². The van der Waals surface area contributed by atoms with Crippen LogP contribution in [0.2, 0.25) is 0 Å². The third-order valence-corrected chi connectivity index (χ3v) is 2.84. The quantitative estimate of drug-likeness (QED) is 0.870. The number of rotatable bonds is 1. The van der Waals surface area contributed by atoms with Gasteiger partial charge in [-0.25, -0.2) is 0 Å². The largest absolute Gasteiger partial charge is 0.454 e. The van der Waals surface area contributed by atoms with E-state index >= 15 is 0 Å². The second-order valence-corrected chi connectivity index (χ2v) is 4.16. The maximum absolute atomic E-state index is 5.47. The monoisotopic (exact) mass is 282 g/mol. The fraction of sp³-hybridized carbons (Fsp3) is 0.100. The lowest BCUT2D eigenvalue weighted by Gasteiger charge is -2.01. The Morgan fingerprint density at radius 1 is 1.25 bits per heavy atom. The molecule has 0 unspecified atom stereocenters. The van der Waals surface area contributed by atoms with Crippen molar-refractivity contribution in [2.75, 3.05) is 12.5 Å². The van der Waals surface area contributed by atoms with Crippen molar-refractivity contribution in [1.82, 2.24) is 5.16 Å². The molecule has 0 bridgehead atoms. The molecule has 3 rings (SSSR count). The summed E-state index contributed by atoms with van der Waals surface area (Å²) in [6.45, 7) is 0.234. The summed E-state index contributed by atoms with van der Waals surface area (Å²) in [4.78, 5) is 0. The average Bonchev–Trinajstić information content (AvgIpc) is 2.85. The van der Waals surface area contributed by atoms with E-state index in [4.69, 9.17) is 19.7 Å². The molecule has 0 saturated carbocycles. The normalized spacial score (nSPS) is 13.1. The highest BCUT2D eigenvalue weighted by Crippen LogP contribution is 2.42. The second kappa shape index (κ2) is 3.41. The number of benzene rings is 1. The van der Waals surface area contributed by atoms with E-state index in [1.807, 2.05) is 12.1 Å². The van der Waals surface area contributed by atoms with Gasteiger partial charge in [0.1, 0.15) is 5.69 Å². The fourth-order valence-corrected chi connectivity index (χ4v) is 2.10. The van der Waals surface area contributed by atoms with Gasteiger partial charge in [0.05, 0.1) is 4.47 Å². The molecule has 1 aliphatic rings. The first-order chi connectivity index (χ1) is 7.74. The molecule has 0 spiro atoms. The van der Waals surface area contributed by atoms with Gasteiger partial charge in [-0.05, 0) is 28.1 Å². The third kappa shape index (κ3) is 1.42. The van der Waals surface area contributed by atoms with Gasteiger partial charge in [-0.3, -0.25) is 0 Å². The zero-order valence-corrected chi connectivity index (χ0v) is 9.65. The highest BCUT2D eigenvalue weighted by Gasteiger charge is 2.19. The van der Waals surface area contributed by atoms with Crippen molar-refractivity contribution in [1.29, 1.82) is 0 Å². The summed E-state index contributed by atoms with van der Waals surface area (Å²) < 4.78 is 16.2. The molecule has 1 aromatic carbocycles. The molecule has 0 atom stereocenters.